The lowest BCUT2D eigenvalue weighted by Crippen LogP contribution is -2.54. The van der Waals surface area contributed by atoms with Gasteiger partial charge in [0.1, 0.15) is 5.56 Å². The van der Waals surface area contributed by atoms with Gasteiger partial charge in [0.15, 0.2) is 0 Å². The number of aromatic nitrogens is 1. The number of hydrogen-bond acceptors (Lipinski definition) is 4. The molecule has 1 fully saturated rings. The van der Waals surface area contributed by atoms with Crippen LogP contribution < -0.4 is 10.9 Å². The highest BCUT2D eigenvalue weighted by molar-refractivity contribution is 6.35. The van der Waals surface area contributed by atoms with Gasteiger partial charge in [-0.3, -0.25) is 19.2 Å². The SMILES string of the molecule is Cc1cccc(Cn2cccc(C(=O)N3CCN(C(=O)C(=O)NC(C)C)CC3)c2=O)c1. The number of pyridine rings is 1. The molecule has 0 saturated carbocycles. The van der Waals surface area contributed by atoms with Crippen LogP contribution in [-0.2, 0) is 16.1 Å². The van der Waals surface area contributed by atoms with Crippen LogP contribution in [-0.4, -0.2) is 64.3 Å². The zero-order chi connectivity index (χ0) is 22.5. The van der Waals surface area contributed by atoms with Crippen LogP contribution in [0, 0.1) is 6.92 Å². The van der Waals surface area contributed by atoms with E-state index in [0.29, 0.717) is 6.54 Å². The van der Waals surface area contributed by atoms with Gasteiger partial charge < -0.3 is 19.7 Å². The van der Waals surface area contributed by atoms with Crippen LogP contribution in [0.1, 0.15) is 35.3 Å². The molecule has 8 heteroatoms. The summed E-state index contributed by atoms with van der Waals surface area (Å²) in [6.45, 7) is 6.98. The van der Waals surface area contributed by atoms with Crippen LogP contribution in [0.5, 0.6) is 0 Å². The molecule has 31 heavy (non-hydrogen) atoms. The molecule has 0 bridgehead atoms. The van der Waals surface area contributed by atoms with Gasteiger partial charge in [-0.1, -0.05) is 29.8 Å². The third-order valence-corrected chi connectivity index (χ3v) is 5.15. The molecule has 3 amide bonds. The highest BCUT2D eigenvalue weighted by Gasteiger charge is 2.29. The molecule has 2 aromatic rings. The first-order valence-electron chi connectivity index (χ1n) is 10.4. The highest BCUT2D eigenvalue weighted by Crippen LogP contribution is 2.09. The number of hydrogen-bond donors (Lipinski definition) is 1. The summed E-state index contributed by atoms with van der Waals surface area (Å²) < 4.78 is 1.53. The zero-order valence-corrected chi connectivity index (χ0v) is 18.1. The fourth-order valence-electron chi connectivity index (χ4n) is 3.58. The quantitative estimate of drug-likeness (QED) is 0.742. The Morgan fingerprint density at radius 3 is 2.32 bits per heavy atom. The molecule has 0 spiro atoms. The van der Waals surface area contributed by atoms with Crippen molar-refractivity contribution in [3.63, 3.8) is 0 Å². The van der Waals surface area contributed by atoms with Crippen LogP contribution in [0.3, 0.4) is 0 Å². The van der Waals surface area contributed by atoms with E-state index in [0.717, 1.165) is 11.1 Å². The summed E-state index contributed by atoms with van der Waals surface area (Å²) in [4.78, 5) is 53.0. The standard InChI is InChI=1S/C23H28N4O4/c1-16(2)24-20(28)23(31)26-12-10-25(11-13-26)21(29)19-8-5-9-27(22(19)30)15-18-7-4-6-17(3)14-18/h4-9,14,16H,10-13,15H2,1-3H3,(H,24,28). The first-order valence-corrected chi connectivity index (χ1v) is 10.4. The van der Waals surface area contributed by atoms with Gasteiger partial charge >= 0.3 is 11.8 Å². The van der Waals surface area contributed by atoms with Gasteiger partial charge in [0.25, 0.3) is 11.5 Å². The molecule has 0 atom stereocenters. The summed E-state index contributed by atoms with van der Waals surface area (Å²) in [5.41, 5.74) is 1.85. The normalized spacial score (nSPS) is 13.9. The van der Waals surface area contributed by atoms with Gasteiger partial charge in [-0.2, -0.15) is 0 Å². The molecule has 1 aromatic heterocycles. The van der Waals surface area contributed by atoms with Crippen molar-refractivity contribution < 1.29 is 14.4 Å². The van der Waals surface area contributed by atoms with Crippen molar-refractivity contribution in [1.82, 2.24) is 19.7 Å². The van der Waals surface area contributed by atoms with E-state index in [1.165, 1.54) is 15.5 Å². The molecule has 8 nitrogen and oxygen atoms in total. The van der Waals surface area contributed by atoms with Gasteiger partial charge in [-0.25, -0.2) is 0 Å². The molecule has 0 radical (unpaired) electrons. The van der Waals surface area contributed by atoms with E-state index >= 15 is 0 Å². The molecule has 3 rings (SSSR count). The molecule has 1 aliphatic heterocycles. The molecule has 1 N–H and O–H groups in total. The fourth-order valence-corrected chi connectivity index (χ4v) is 3.58. The molecule has 1 aliphatic rings. The summed E-state index contributed by atoms with van der Waals surface area (Å²) in [6.07, 6.45) is 1.67. The number of nitrogens with one attached hydrogen (secondary N) is 1. The van der Waals surface area contributed by atoms with Gasteiger partial charge in [0, 0.05) is 38.4 Å². The number of piperazine rings is 1. The van der Waals surface area contributed by atoms with Crippen molar-refractivity contribution in [2.24, 2.45) is 0 Å². The third kappa shape index (κ3) is 5.39. The highest BCUT2D eigenvalue weighted by atomic mass is 16.2. The first kappa shape index (κ1) is 22.3. The lowest BCUT2D eigenvalue weighted by molar-refractivity contribution is -0.147. The van der Waals surface area contributed by atoms with Gasteiger partial charge in [0.2, 0.25) is 0 Å². The van der Waals surface area contributed by atoms with Crippen LogP contribution in [0.15, 0.2) is 47.4 Å². The second kappa shape index (κ2) is 9.59. The summed E-state index contributed by atoms with van der Waals surface area (Å²) >= 11 is 0. The Kier molecular flexibility index (Phi) is 6.89. The number of amides is 3. The minimum atomic E-state index is -0.642. The molecule has 0 unspecified atom stereocenters. The number of aryl methyl sites for hydroxylation is 1. The van der Waals surface area contributed by atoms with E-state index in [2.05, 4.69) is 5.32 Å². The van der Waals surface area contributed by atoms with Crippen molar-refractivity contribution in [3.8, 4) is 0 Å². The van der Waals surface area contributed by atoms with Crippen molar-refractivity contribution in [2.75, 3.05) is 26.2 Å². The van der Waals surface area contributed by atoms with E-state index in [4.69, 9.17) is 0 Å². The Labute approximate surface area is 181 Å². The minimum Gasteiger partial charge on any atom is -0.346 e. The summed E-state index contributed by atoms with van der Waals surface area (Å²) in [7, 11) is 0. The second-order valence-corrected chi connectivity index (χ2v) is 8.06. The van der Waals surface area contributed by atoms with E-state index in [1.54, 1.807) is 31.0 Å². The van der Waals surface area contributed by atoms with Crippen molar-refractivity contribution in [2.45, 2.75) is 33.4 Å². The lowest BCUT2D eigenvalue weighted by atomic mass is 10.1. The van der Waals surface area contributed by atoms with Gasteiger partial charge in [0.05, 0.1) is 6.54 Å². The average Bonchev–Trinajstić information content (AvgIpc) is 2.74. The fraction of sp³-hybridized carbons (Fsp3) is 0.391. The maximum absolute atomic E-state index is 13.0. The Morgan fingerprint density at radius 1 is 1.00 bits per heavy atom. The van der Waals surface area contributed by atoms with Crippen molar-refractivity contribution in [1.29, 1.82) is 0 Å². The lowest BCUT2D eigenvalue weighted by Gasteiger charge is -2.34. The van der Waals surface area contributed by atoms with Gasteiger partial charge in [-0.15, -0.1) is 0 Å². The average molecular weight is 425 g/mol. The Bertz CT molecular complexity index is 1040. The number of carbonyl (C=O) groups is 3. The maximum Gasteiger partial charge on any atom is 0.312 e. The summed E-state index contributed by atoms with van der Waals surface area (Å²) in [5.74, 6) is -1.60. The van der Waals surface area contributed by atoms with Crippen LogP contribution in [0.25, 0.3) is 0 Å². The largest absolute Gasteiger partial charge is 0.346 e. The molecular weight excluding hydrogens is 396 g/mol. The molecule has 1 saturated heterocycles. The van der Waals surface area contributed by atoms with Gasteiger partial charge in [-0.05, 0) is 38.5 Å². The predicted octanol–water partition coefficient (Wildman–Crippen LogP) is 1.01. The Balaban J connectivity index is 1.67. The molecule has 0 aliphatic carbocycles. The second-order valence-electron chi connectivity index (χ2n) is 8.06. The van der Waals surface area contributed by atoms with Crippen LogP contribution in [0.4, 0.5) is 0 Å². The predicted molar refractivity (Wildman–Crippen MR) is 117 cm³/mol. The minimum absolute atomic E-state index is 0.104. The van der Waals surface area contributed by atoms with E-state index in [9.17, 15) is 19.2 Å². The zero-order valence-electron chi connectivity index (χ0n) is 18.1. The number of nitrogens with zero attached hydrogens (tertiary/aromatic N) is 3. The summed E-state index contributed by atoms with van der Waals surface area (Å²) in [5, 5.41) is 2.58. The molecular formula is C23H28N4O4. The van der Waals surface area contributed by atoms with Crippen LogP contribution in [0.2, 0.25) is 0 Å². The van der Waals surface area contributed by atoms with E-state index in [1.807, 2.05) is 31.2 Å². The van der Waals surface area contributed by atoms with Crippen molar-refractivity contribution >= 4 is 17.7 Å². The Morgan fingerprint density at radius 2 is 1.68 bits per heavy atom. The molecule has 164 valence electrons. The number of carbonyl (C=O) groups excluding carboxylic acids is 3. The topological polar surface area (TPSA) is 91.7 Å². The van der Waals surface area contributed by atoms with E-state index in [-0.39, 0.29) is 49.3 Å². The van der Waals surface area contributed by atoms with Crippen LogP contribution >= 0.6 is 0 Å². The Hall–Kier alpha value is -3.42. The van der Waals surface area contributed by atoms with E-state index < -0.39 is 11.8 Å². The molecule has 1 aromatic carbocycles. The maximum atomic E-state index is 13.0. The molecule has 2 heterocycles. The number of benzene rings is 1. The van der Waals surface area contributed by atoms with Crippen molar-refractivity contribution in [3.05, 3.63) is 69.6 Å². The number of rotatable bonds is 4. The summed E-state index contributed by atoms with van der Waals surface area (Å²) in [6, 6.07) is 11.0. The first-order chi connectivity index (χ1) is 14.8. The smallest absolute Gasteiger partial charge is 0.312 e. The monoisotopic (exact) mass is 424 g/mol. The third-order valence-electron chi connectivity index (χ3n) is 5.15.